The van der Waals surface area contributed by atoms with Gasteiger partial charge in [0.25, 0.3) is 0 Å². The predicted molar refractivity (Wildman–Crippen MR) is 67.5 cm³/mol. The van der Waals surface area contributed by atoms with Crippen LogP contribution >= 0.6 is 0 Å². The smallest absolute Gasteiger partial charge is 0.303 e. The number of aliphatic carboxylic acids is 1. The first-order valence-electron chi connectivity index (χ1n) is 5.71. The van der Waals surface area contributed by atoms with E-state index >= 15 is 0 Å². The molecule has 0 saturated heterocycles. The van der Waals surface area contributed by atoms with Crippen LogP contribution in [0.5, 0.6) is 5.75 Å². The fraction of sp³-hybridized carbons (Fsp3) is 0.462. The molecule has 5 heteroatoms. The lowest BCUT2D eigenvalue weighted by atomic mass is 10.0. The average molecular weight is 253 g/mol. The number of carboxylic acid groups (broad SMARTS) is 1. The summed E-state index contributed by atoms with van der Waals surface area (Å²) >= 11 is 0. The topological polar surface area (TPSA) is 81.8 Å². The summed E-state index contributed by atoms with van der Waals surface area (Å²) in [5.74, 6) is -0.131. The molecule has 5 nitrogen and oxygen atoms in total. The van der Waals surface area contributed by atoms with Crippen molar-refractivity contribution in [3.8, 4) is 5.75 Å². The number of benzene rings is 1. The maximum atomic E-state index is 10.5. The summed E-state index contributed by atoms with van der Waals surface area (Å²) < 4.78 is 10.3. The molecule has 0 bridgehead atoms. The largest absolute Gasteiger partial charge is 0.496 e. The van der Waals surface area contributed by atoms with Crippen molar-refractivity contribution in [3.05, 3.63) is 29.3 Å². The molecular weight excluding hydrogens is 234 g/mol. The van der Waals surface area contributed by atoms with Crippen LogP contribution in [0.25, 0.3) is 0 Å². The molecule has 0 aromatic heterocycles. The van der Waals surface area contributed by atoms with Crippen LogP contribution < -0.4 is 10.5 Å². The fourth-order valence-electron chi connectivity index (χ4n) is 1.71. The third-order valence-corrected chi connectivity index (χ3v) is 2.71. The Bertz CT molecular complexity index is 406. The number of methoxy groups -OCH3 is 2. The molecule has 1 unspecified atom stereocenters. The van der Waals surface area contributed by atoms with E-state index in [-0.39, 0.29) is 12.5 Å². The molecule has 3 N–H and O–H groups in total. The van der Waals surface area contributed by atoms with Crippen molar-refractivity contribution < 1.29 is 19.4 Å². The molecule has 0 spiro atoms. The number of carboxylic acids is 1. The van der Waals surface area contributed by atoms with Crippen molar-refractivity contribution in [1.29, 1.82) is 0 Å². The van der Waals surface area contributed by atoms with Gasteiger partial charge < -0.3 is 20.3 Å². The van der Waals surface area contributed by atoms with E-state index in [4.69, 9.17) is 20.3 Å². The Morgan fingerprint density at radius 3 is 2.72 bits per heavy atom. The maximum absolute atomic E-state index is 10.5. The third kappa shape index (κ3) is 4.01. The first-order valence-corrected chi connectivity index (χ1v) is 5.71. The zero-order valence-electron chi connectivity index (χ0n) is 10.7. The van der Waals surface area contributed by atoms with E-state index in [1.54, 1.807) is 14.2 Å². The van der Waals surface area contributed by atoms with Gasteiger partial charge in [-0.25, -0.2) is 0 Å². The number of hydrogen-bond donors (Lipinski definition) is 2. The Hall–Kier alpha value is -1.59. The van der Waals surface area contributed by atoms with Gasteiger partial charge in [0, 0.05) is 25.1 Å². The number of ether oxygens (including phenoxy) is 2. The van der Waals surface area contributed by atoms with Crippen LogP contribution in [0.3, 0.4) is 0 Å². The molecule has 0 aliphatic carbocycles. The highest BCUT2D eigenvalue weighted by Crippen LogP contribution is 2.25. The van der Waals surface area contributed by atoms with E-state index in [0.29, 0.717) is 18.8 Å². The molecule has 1 rings (SSSR count). The van der Waals surface area contributed by atoms with Gasteiger partial charge in [-0.05, 0) is 18.1 Å². The lowest BCUT2D eigenvalue weighted by Gasteiger charge is -2.14. The zero-order valence-corrected chi connectivity index (χ0v) is 10.7. The van der Waals surface area contributed by atoms with Gasteiger partial charge in [-0.15, -0.1) is 0 Å². The highest BCUT2D eigenvalue weighted by atomic mass is 16.5. The van der Waals surface area contributed by atoms with E-state index in [1.165, 1.54) is 0 Å². The van der Waals surface area contributed by atoms with E-state index in [2.05, 4.69) is 0 Å². The normalized spacial score (nSPS) is 12.2. The van der Waals surface area contributed by atoms with Gasteiger partial charge in [-0.3, -0.25) is 4.79 Å². The summed E-state index contributed by atoms with van der Waals surface area (Å²) in [6.07, 6.45) is 0.464. The maximum Gasteiger partial charge on any atom is 0.303 e. The standard InChI is InChI=1S/C13H19NO4/c1-17-8-10-4-3-9(7-12(10)18-2)11(14)5-6-13(15)16/h3-4,7,11H,5-6,8,14H2,1-2H3,(H,15,16). The van der Waals surface area contributed by atoms with Crippen molar-refractivity contribution >= 4 is 5.97 Å². The second-order valence-corrected chi connectivity index (χ2v) is 4.04. The van der Waals surface area contributed by atoms with Crippen LogP contribution in [0.15, 0.2) is 18.2 Å². The average Bonchev–Trinajstić information content (AvgIpc) is 2.36. The SMILES string of the molecule is COCc1ccc(C(N)CCC(=O)O)cc1OC. The third-order valence-electron chi connectivity index (χ3n) is 2.71. The van der Waals surface area contributed by atoms with Crippen LogP contribution in [0.4, 0.5) is 0 Å². The summed E-state index contributed by atoms with van der Waals surface area (Å²) in [6.45, 7) is 0.466. The fourth-order valence-corrected chi connectivity index (χ4v) is 1.71. The zero-order chi connectivity index (χ0) is 13.5. The Balaban J connectivity index is 2.80. The molecule has 0 fully saturated rings. The minimum Gasteiger partial charge on any atom is -0.496 e. The summed E-state index contributed by atoms with van der Waals surface area (Å²) in [6, 6.07) is 5.30. The van der Waals surface area contributed by atoms with Crippen LogP contribution in [-0.2, 0) is 16.1 Å². The molecule has 0 radical (unpaired) electrons. The van der Waals surface area contributed by atoms with E-state index < -0.39 is 5.97 Å². The van der Waals surface area contributed by atoms with Crippen molar-refractivity contribution in [2.24, 2.45) is 5.73 Å². The molecule has 0 aliphatic rings. The number of nitrogens with two attached hydrogens (primary N) is 1. The Labute approximate surface area is 107 Å². The highest BCUT2D eigenvalue weighted by molar-refractivity contribution is 5.66. The predicted octanol–water partition coefficient (Wildman–Crippen LogP) is 1.71. The first kappa shape index (κ1) is 14.5. The van der Waals surface area contributed by atoms with Crippen molar-refractivity contribution in [3.63, 3.8) is 0 Å². The Morgan fingerprint density at radius 2 is 2.17 bits per heavy atom. The molecule has 100 valence electrons. The number of rotatable bonds is 7. The van der Waals surface area contributed by atoms with E-state index in [1.807, 2.05) is 18.2 Å². The Morgan fingerprint density at radius 1 is 1.44 bits per heavy atom. The lowest BCUT2D eigenvalue weighted by Crippen LogP contribution is -2.12. The van der Waals surface area contributed by atoms with Gasteiger partial charge in [-0.2, -0.15) is 0 Å². The molecule has 1 atom stereocenters. The molecule has 1 aromatic carbocycles. The Kier molecular flexibility index (Phi) is 5.61. The second kappa shape index (κ2) is 6.98. The first-order chi connectivity index (χ1) is 8.58. The quantitative estimate of drug-likeness (QED) is 0.773. The molecular formula is C13H19NO4. The summed E-state index contributed by atoms with van der Waals surface area (Å²) in [7, 11) is 3.20. The molecule has 0 saturated carbocycles. The van der Waals surface area contributed by atoms with Gasteiger partial charge >= 0.3 is 5.97 Å². The highest BCUT2D eigenvalue weighted by Gasteiger charge is 2.11. The van der Waals surface area contributed by atoms with Crippen LogP contribution in [0.2, 0.25) is 0 Å². The molecule has 0 aliphatic heterocycles. The van der Waals surface area contributed by atoms with Crippen molar-refractivity contribution in [2.45, 2.75) is 25.5 Å². The minimum absolute atomic E-state index is 0.0588. The van der Waals surface area contributed by atoms with Gasteiger partial charge in [0.05, 0.1) is 13.7 Å². The van der Waals surface area contributed by atoms with E-state index in [0.717, 1.165) is 11.1 Å². The monoisotopic (exact) mass is 253 g/mol. The molecule has 18 heavy (non-hydrogen) atoms. The van der Waals surface area contributed by atoms with Gasteiger partial charge in [0.2, 0.25) is 0 Å². The lowest BCUT2D eigenvalue weighted by molar-refractivity contribution is -0.137. The van der Waals surface area contributed by atoms with Gasteiger partial charge in [0.15, 0.2) is 0 Å². The van der Waals surface area contributed by atoms with Gasteiger partial charge in [-0.1, -0.05) is 12.1 Å². The van der Waals surface area contributed by atoms with Crippen molar-refractivity contribution in [2.75, 3.05) is 14.2 Å². The number of carbonyl (C=O) groups is 1. The summed E-state index contributed by atoms with van der Waals surface area (Å²) in [4.78, 5) is 10.5. The number of hydrogen-bond acceptors (Lipinski definition) is 4. The van der Waals surface area contributed by atoms with Gasteiger partial charge in [0.1, 0.15) is 5.75 Å². The molecule has 0 amide bonds. The molecule has 0 heterocycles. The van der Waals surface area contributed by atoms with E-state index in [9.17, 15) is 4.79 Å². The van der Waals surface area contributed by atoms with Crippen LogP contribution in [-0.4, -0.2) is 25.3 Å². The molecule has 1 aromatic rings. The summed E-state index contributed by atoms with van der Waals surface area (Å²) in [5.41, 5.74) is 7.75. The second-order valence-electron chi connectivity index (χ2n) is 4.04. The minimum atomic E-state index is -0.839. The summed E-state index contributed by atoms with van der Waals surface area (Å²) in [5, 5.41) is 8.63. The van der Waals surface area contributed by atoms with Crippen LogP contribution in [0.1, 0.15) is 30.0 Å². The van der Waals surface area contributed by atoms with Crippen molar-refractivity contribution in [1.82, 2.24) is 0 Å². The van der Waals surface area contributed by atoms with Crippen LogP contribution in [0, 0.1) is 0 Å².